The van der Waals surface area contributed by atoms with Gasteiger partial charge < -0.3 is 14.5 Å². The van der Waals surface area contributed by atoms with Gasteiger partial charge in [0.2, 0.25) is 17.7 Å². The largest absolute Gasteiger partial charge is 0.481 e. The number of anilines is 2. The van der Waals surface area contributed by atoms with E-state index in [9.17, 15) is 9.18 Å². The number of halogens is 1. The molecule has 0 spiro atoms. The van der Waals surface area contributed by atoms with E-state index in [1.807, 2.05) is 0 Å². The summed E-state index contributed by atoms with van der Waals surface area (Å²) in [6.07, 6.45) is 3.36. The second-order valence-electron chi connectivity index (χ2n) is 7.02. The van der Waals surface area contributed by atoms with Gasteiger partial charge in [0.25, 0.3) is 0 Å². The van der Waals surface area contributed by atoms with Crippen LogP contribution in [-0.4, -0.2) is 66.7 Å². The number of methoxy groups -OCH3 is 1. The molecule has 1 unspecified atom stereocenters. The number of piperidine rings is 1. The van der Waals surface area contributed by atoms with Crippen molar-refractivity contribution in [2.45, 2.75) is 18.9 Å². The molecule has 2 saturated heterocycles. The standard InChI is InChI=1S/C20H24FN5O2/c1-28-18-8-9-22-20(23-18)25-13-11-24(12-14-25)17-7-4-10-26(19(17)27)16-6-3-2-5-15(16)21/h2-3,5-6,8-9,17H,4,7,10-14H2,1H3. The van der Waals surface area contributed by atoms with E-state index in [4.69, 9.17) is 4.74 Å². The first-order chi connectivity index (χ1) is 13.7. The van der Waals surface area contributed by atoms with E-state index >= 15 is 0 Å². The summed E-state index contributed by atoms with van der Waals surface area (Å²) in [4.78, 5) is 27.7. The molecular weight excluding hydrogens is 361 g/mol. The van der Waals surface area contributed by atoms with Crippen LogP contribution in [0.3, 0.4) is 0 Å². The molecule has 2 fully saturated rings. The van der Waals surface area contributed by atoms with Crippen molar-refractivity contribution in [2.75, 3.05) is 49.6 Å². The average molecular weight is 385 g/mol. The summed E-state index contributed by atoms with van der Waals surface area (Å²) in [5.41, 5.74) is 0.376. The van der Waals surface area contributed by atoms with Gasteiger partial charge in [-0.25, -0.2) is 9.37 Å². The number of hydrogen-bond donors (Lipinski definition) is 0. The minimum atomic E-state index is -0.350. The molecule has 1 atom stereocenters. The van der Waals surface area contributed by atoms with E-state index in [2.05, 4.69) is 19.8 Å². The number of benzene rings is 1. The first-order valence-corrected chi connectivity index (χ1v) is 9.59. The van der Waals surface area contributed by atoms with Crippen LogP contribution in [0.25, 0.3) is 0 Å². The molecule has 0 N–H and O–H groups in total. The van der Waals surface area contributed by atoms with Gasteiger partial charge in [0.1, 0.15) is 5.82 Å². The fourth-order valence-electron chi connectivity index (χ4n) is 3.94. The molecule has 4 rings (SSSR count). The zero-order valence-corrected chi connectivity index (χ0v) is 15.9. The summed E-state index contributed by atoms with van der Waals surface area (Å²) >= 11 is 0. The fourth-order valence-corrected chi connectivity index (χ4v) is 3.94. The number of para-hydroxylation sites is 1. The van der Waals surface area contributed by atoms with Gasteiger partial charge in [-0.3, -0.25) is 9.69 Å². The number of hydrogen-bond acceptors (Lipinski definition) is 6. The Kier molecular flexibility index (Phi) is 5.38. The highest BCUT2D eigenvalue weighted by Crippen LogP contribution is 2.27. The Hall–Kier alpha value is -2.74. The summed E-state index contributed by atoms with van der Waals surface area (Å²) in [5.74, 6) is 0.816. The Morgan fingerprint density at radius 2 is 1.89 bits per heavy atom. The van der Waals surface area contributed by atoms with Gasteiger partial charge in [0, 0.05) is 45.0 Å². The van der Waals surface area contributed by atoms with Crippen molar-refractivity contribution in [2.24, 2.45) is 0 Å². The number of piperazine rings is 1. The Labute approximate surface area is 163 Å². The lowest BCUT2D eigenvalue weighted by atomic mass is 10.0. The normalized spacial score (nSPS) is 21.1. The molecular formula is C20H24FN5O2. The molecule has 2 aliphatic heterocycles. The predicted molar refractivity (Wildman–Crippen MR) is 104 cm³/mol. The smallest absolute Gasteiger partial charge is 0.244 e. The second kappa shape index (κ2) is 8.10. The molecule has 1 aromatic carbocycles. The number of rotatable bonds is 4. The molecule has 2 aromatic rings. The van der Waals surface area contributed by atoms with Crippen LogP contribution in [0.2, 0.25) is 0 Å². The maximum absolute atomic E-state index is 14.2. The Morgan fingerprint density at radius 1 is 1.11 bits per heavy atom. The molecule has 0 saturated carbocycles. The van der Waals surface area contributed by atoms with E-state index < -0.39 is 0 Å². The minimum Gasteiger partial charge on any atom is -0.481 e. The van der Waals surface area contributed by atoms with Gasteiger partial charge in [-0.15, -0.1) is 0 Å². The van der Waals surface area contributed by atoms with Crippen LogP contribution in [0.5, 0.6) is 5.88 Å². The van der Waals surface area contributed by atoms with Gasteiger partial charge in [0.15, 0.2) is 0 Å². The number of nitrogens with zero attached hydrogens (tertiary/aromatic N) is 5. The monoisotopic (exact) mass is 385 g/mol. The van der Waals surface area contributed by atoms with E-state index in [1.165, 1.54) is 6.07 Å². The maximum atomic E-state index is 14.2. The second-order valence-corrected chi connectivity index (χ2v) is 7.02. The van der Waals surface area contributed by atoms with Gasteiger partial charge in [0.05, 0.1) is 18.8 Å². The van der Waals surface area contributed by atoms with E-state index in [-0.39, 0.29) is 17.8 Å². The highest BCUT2D eigenvalue weighted by molar-refractivity contribution is 5.98. The Bertz CT molecular complexity index is 841. The lowest BCUT2D eigenvalue weighted by molar-refractivity contribution is -0.125. The summed E-state index contributed by atoms with van der Waals surface area (Å²) in [7, 11) is 1.58. The average Bonchev–Trinajstić information content (AvgIpc) is 2.75. The van der Waals surface area contributed by atoms with Crippen molar-refractivity contribution < 1.29 is 13.9 Å². The zero-order valence-electron chi connectivity index (χ0n) is 15.9. The van der Waals surface area contributed by atoms with E-state index in [0.29, 0.717) is 24.1 Å². The molecule has 7 nitrogen and oxygen atoms in total. The number of carbonyl (C=O) groups is 1. The minimum absolute atomic E-state index is 0.0116. The predicted octanol–water partition coefficient (Wildman–Crippen LogP) is 1.94. The van der Waals surface area contributed by atoms with Crippen LogP contribution in [0, 0.1) is 5.82 Å². The van der Waals surface area contributed by atoms with Crippen molar-refractivity contribution in [1.82, 2.24) is 14.9 Å². The molecule has 0 aliphatic carbocycles. The number of ether oxygens (including phenoxy) is 1. The molecule has 1 aromatic heterocycles. The van der Waals surface area contributed by atoms with Crippen LogP contribution in [0.4, 0.5) is 16.0 Å². The van der Waals surface area contributed by atoms with Crippen LogP contribution in [0.1, 0.15) is 12.8 Å². The Morgan fingerprint density at radius 3 is 2.64 bits per heavy atom. The summed E-state index contributed by atoms with van der Waals surface area (Å²) < 4.78 is 19.3. The molecule has 3 heterocycles. The number of carbonyl (C=O) groups excluding carboxylic acids is 1. The van der Waals surface area contributed by atoms with Crippen molar-refractivity contribution in [3.8, 4) is 5.88 Å². The van der Waals surface area contributed by atoms with E-state index in [0.717, 1.165) is 39.0 Å². The van der Waals surface area contributed by atoms with Crippen LogP contribution in [-0.2, 0) is 4.79 Å². The van der Waals surface area contributed by atoms with Gasteiger partial charge in [-0.1, -0.05) is 12.1 Å². The first-order valence-electron chi connectivity index (χ1n) is 9.59. The van der Waals surface area contributed by atoms with Crippen LogP contribution in [0.15, 0.2) is 36.5 Å². The number of amides is 1. The zero-order chi connectivity index (χ0) is 19.5. The highest BCUT2D eigenvalue weighted by atomic mass is 19.1. The fraction of sp³-hybridized carbons (Fsp3) is 0.450. The van der Waals surface area contributed by atoms with Gasteiger partial charge in [-0.05, 0) is 25.0 Å². The quantitative estimate of drug-likeness (QED) is 0.802. The topological polar surface area (TPSA) is 61.8 Å². The first kappa shape index (κ1) is 18.6. The van der Waals surface area contributed by atoms with Crippen LogP contribution < -0.4 is 14.5 Å². The number of aromatic nitrogens is 2. The van der Waals surface area contributed by atoms with E-state index in [1.54, 1.807) is 42.5 Å². The molecule has 0 radical (unpaired) electrons. The molecule has 0 bridgehead atoms. The molecule has 28 heavy (non-hydrogen) atoms. The van der Waals surface area contributed by atoms with Crippen molar-refractivity contribution in [3.05, 3.63) is 42.3 Å². The third-order valence-electron chi connectivity index (χ3n) is 5.42. The van der Waals surface area contributed by atoms with Crippen molar-refractivity contribution in [3.63, 3.8) is 0 Å². The highest BCUT2D eigenvalue weighted by Gasteiger charge is 2.36. The third-order valence-corrected chi connectivity index (χ3v) is 5.42. The van der Waals surface area contributed by atoms with Crippen molar-refractivity contribution >= 4 is 17.5 Å². The molecule has 8 heteroatoms. The summed E-state index contributed by atoms with van der Waals surface area (Å²) in [6.45, 7) is 3.51. The van der Waals surface area contributed by atoms with Crippen molar-refractivity contribution in [1.29, 1.82) is 0 Å². The molecule has 2 aliphatic rings. The molecule has 1 amide bonds. The Balaban J connectivity index is 1.42. The van der Waals surface area contributed by atoms with Crippen LogP contribution >= 0.6 is 0 Å². The SMILES string of the molecule is COc1ccnc(N2CCN(C3CCCN(c4ccccc4F)C3=O)CC2)n1. The van der Waals surface area contributed by atoms with Gasteiger partial charge in [-0.2, -0.15) is 4.98 Å². The van der Waals surface area contributed by atoms with Gasteiger partial charge >= 0.3 is 0 Å². The summed E-state index contributed by atoms with van der Waals surface area (Å²) in [6, 6.07) is 8.00. The molecule has 148 valence electrons. The lowest BCUT2D eigenvalue weighted by Crippen LogP contribution is -2.58. The lowest BCUT2D eigenvalue weighted by Gasteiger charge is -2.42. The maximum Gasteiger partial charge on any atom is 0.244 e. The third kappa shape index (κ3) is 3.64. The summed E-state index contributed by atoms with van der Waals surface area (Å²) in [5, 5.41) is 0.